The molecule has 0 bridgehead atoms. The number of hydrogen-bond donors (Lipinski definition) is 1. The fraction of sp³-hybridized carbons (Fsp3) is 0.357. The number of fused-ring (bicyclic) bond motifs is 1. The first-order valence-corrected chi connectivity index (χ1v) is 7.40. The summed E-state index contributed by atoms with van der Waals surface area (Å²) in [5.74, 6) is -0.202. The molecule has 7 heteroatoms. The highest BCUT2D eigenvalue weighted by Crippen LogP contribution is 2.26. The third-order valence-corrected chi connectivity index (χ3v) is 4.01. The van der Waals surface area contributed by atoms with Crippen molar-refractivity contribution in [1.29, 1.82) is 0 Å². The highest BCUT2D eigenvalue weighted by molar-refractivity contribution is 9.10. The van der Waals surface area contributed by atoms with E-state index < -0.39 is 5.97 Å². The molecule has 1 N–H and O–H groups in total. The highest BCUT2D eigenvalue weighted by Gasteiger charge is 2.19. The standard InChI is InChI=1S/C14H14BrN3O3/c1-8-7-18(2-3-21-8)12-6-16-11-5-9(14(19)20)4-10(15)13(11)17-12/h4-6,8H,2-3,7H2,1H3,(H,19,20). The normalized spacial score (nSPS) is 19.0. The number of carbonyl (C=O) groups is 1. The Balaban J connectivity index is 2.02. The molecule has 0 radical (unpaired) electrons. The van der Waals surface area contributed by atoms with Crippen LogP contribution in [-0.2, 0) is 4.74 Å². The van der Waals surface area contributed by atoms with Crippen LogP contribution in [-0.4, -0.2) is 46.8 Å². The van der Waals surface area contributed by atoms with E-state index in [2.05, 4.69) is 30.8 Å². The molecule has 1 fully saturated rings. The summed E-state index contributed by atoms with van der Waals surface area (Å²) >= 11 is 3.38. The Morgan fingerprint density at radius 3 is 3.05 bits per heavy atom. The van der Waals surface area contributed by atoms with Crippen LogP contribution in [0.25, 0.3) is 11.0 Å². The molecule has 0 amide bonds. The highest BCUT2D eigenvalue weighted by atomic mass is 79.9. The average molecular weight is 352 g/mol. The second-order valence-electron chi connectivity index (χ2n) is 4.99. The first-order chi connectivity index (χ1) is 10.0. The molecule has 1 aromatic carbocycles. The largest absolute Gasteiger partial charge is 0.478 e. The number of morpholine rings is 1. The maximum Gasteiger partial charge on any atom is 0.335 e. The third-order valence-electron chi connectivity index (χ3n) is 3.40. The molecular weight excluding hydrogens is 338 g/mol. The van der Waals surface area contributed by atoms with Gasteiger partial charge in [0.25, 0.3) is 0 Å². The summed E-state index contributed by atoms with van der Waals surface area (Å²) in [6, 6.07) is 3.08. The first kappa shape index (κ1) is 14.2. The first-order valence-electron chi connectivity index (χ1n) is 6.61. The number of benzene rings is 1. The van der Waals surface area contributed by atoms with Crippen LogP contribution in [0.15, 0.2) is 22.8 Å². The monoisotopic (exact) mass is 351 g/mol. The van der Waals surface area contributed by atoms with Crippen molar-refractivity contribution in [2.45, 2.75) is 13.0 Å². The Morgan fingerprint density at radius 1 is 1.52 bits per heavy atom. The second-order valence-corrected chi connectivity index (χ2v) is 5.84. The van der Waals surface area contributed by atoms with E-state index in [0.717, 1.165) is 18.9 Å². The van der Waals surface area contributed by atoms with Crippen molar-refractivity contribution in [2.24, 2.45) is 0 Å². The van der Waals surface area contributed by atoms with E-state index in [1.165, 1.54) is 6.07 Å². The molecule has 1 unspecified atom stereocenters. The number of nitrogens with zero attached hydrogens (tertiary/aromatic N) is 3. The third kappa shape index (κ3) is 2.84. The zero-order chi connectivity index (χ0) is 15.0. The molecule has 1 aliphatic heterocycles. The van der Waals surface area contributed by atoms with Gasteiger partial charge in [-0.3, -0.25) is 4.98 Å². The van der Waals surface area contributed by atoms with E-state index >= 15 is 0 Å². The van der Waals surface area contributed by atoms with Crippen LogP contribution in [0.3, 0.4) is 0 Å². The summed E-state index contributed by atoms with van der Waals surface area (Å²) in [7, 11) is 0. The quantitative estimate of drug-likeness (QED) is 0.894. The molecule has 1 saturated heterocycles. The summed E-state index contributed by atoms with van der Waals surface area (Å²) in [5.41, 5.74) is 1.42. The van der Waals surface area contributed by atoms with Crippen molar-refractivity contribution >= 4 is 38.8 Å². The van der Waals surface area contributed by atoms with E-state index in [4.69, 9.17) is 9.84 Å². The van der Waals surface area contributed by atoms with Gasteiger partial charge in [0.2, 0.25) is 0 Å². The number of hydrogen-bond acceptors (Lipinski definition) is 5. The number of ether oxygens (including phenoxy) is 1. The lowest BCUT2D eigenvalue weighted by Crippen LogP contribution is -2.41. The van der Waals surface area contributed by atoms with Crippen molar-refractivity contribution in [3.8, 4) is 0 Å². The van der Waals surface area contributed by atoms with Gasteiger partial charge in [0, 0.05) is 17.6 Å². The fourth-order valence-electron chi connectivity index (χ4n) is 2.37. The topological polar surface area (TPSA) is 75.6 Å². The van der Waals surface area contributed by atoms with Crippen LogP contribution in [0.4, 0.5) is 5.82 Å². The maximum absolute atomic E-state index is 11.1. The number of carboxylic acids is 1. The lowest BCUT2D eigenvalue weighted by atomic mass is 10.2. The SMILES string of the molecule is CC1CN(c2cnc3cc(C(=O)O)cc(Br)c3n2)CCO1. The van der Waals surface area contributed by atoms with Gasteiger partial charge in [-0.2, -0.15) is 0 Å². The van der Waals surface area contributed by atoms with Crippen LogP contribution in [0, 0.1) is 0 Å². The number of carboxylic acid groups (broad SMARTS) is 1. The Bertz CT molecular complexity index is 707. The Kier molecular flexibility index (Phi) is 3.77. The fourth-order valence-corrected chi connectivity index (χ4v) is 2.91. The molecule has 0 spiro atoms. The van der Waals surface area contributed by atoms with Crippen molar-refractivity contribution in [1.82, 2.24) is 9.97 Å². The molecule has 2 heterocycles. The smallest absolute Gasteiger partial charge is 0.335 e. The molecule has 2 aromatic rings. The molecule has 3 rings (SSSR count). The maximum atomic E-state index is 11.1. The Hall–Kier alpha value is -1.73. The van der Waals surface area contributed by atoms with Gasteiger partial charge < -0.3 is 14.7 Å². The van der Waals surface area contributed by atoms with Gasteiger partial charge >= 0.3 is 5.97 Å². The summed E-state index contributed by atoms with van der Waals surface area (Å²) in [5, 5.41) is 9.07. The number of anilines is 1. The van der Waals surface area contributed by atoms with Crippen LogP contribution in [0.5, 0.6) is 0 Å². The zero-order valence-corrected chi connectivity index (χ0v) is 13.0. The second kappa shape index (κ2) is 5.57. The molecule has 1 atom stereocenters. The van der Waals surface area contributed by atoms with E-state index in [9.17, 15) is 4.79 Å². The molecule has 0 aliphatic carbocycles. The van der Waals surface area contributed by atoms with Gasteiger partial charge in [-0.05, 0) is 35.0 Å². The molecule has 1 aromatic heterocycles. The minimum Gasteiger partial charge on any atom is -0.478 e. The van der Waals surface area contributed by atoms with Crippen LogP contribution in [0.1, 0.15) is 17.3 Å². The summed E-state index contributed by atoms with van der Waals surface area (Å²) in [6.45, 7) is 4.23. The summed E-state index contributed by atoms with van der Waals surface area (Å²) in [4.78, 5) is 22.1. The van der Waals surface area contributed by atoms with Gasteiger partial charge in [0.15, 0.2) is 0 Å². The molecule has 110 valence electrons. The average Bonchev–Trinajstić information content (AvgIpc) is 2.46. The van der Waals surface area contributed by atoms with E-state index in [1.54, 1.807) is 12.3 Å². The van der Waals surface area contributed by atoms with Gasteiger partial charge in [0.05, 0.1) is 30.0 Å². The zero-order valence-electron chi connectivity index (χ0n) is 11.4. The lowest BCUT2D eigenvalue weighted by molar-refractivity contribution is 0.0529. The van der Waals surface area contributed by atoms with Crippen molar-refractivity contribution in [3.05, 3.63) is 28.4 Å². The van der Waals surface area contributed by atoms with Crippen LogP contribution < -0.4 is 4.90 Å². The summed E-state index contributed by atoms with van der Waals surface area (Å²) in [6.07, 6.45) is 1.84. The van der Waals surface area contributed by atoms with Gasteiger partial charge in [-0.15, -0.1) is 0 Å². The van der Waals surface area contributed by atoms with Gasteiger partial charge in [0.1, 0.15) is 11.3 Å². The number of aromatic nitrogens is 2. The van der Waals surface area contributed by atoms with E-state index in [1.807, 2.05) is 6.92 Å². The summed E-state index contributed by atoms with van der Waals surface area (Å²) < 4.78 is 6.15. The minimum absolute atomic E-state index is 0.161. The van der Waals surface area contributed by atoms with Crippen LogP contribution >= 0.6 is 15.9 Å². The van der Waals surface area contributed by atoms with Gasteiger partial charge in [-0.25, -0.2) is 9.78 Å². The number of aromatic carboxylic acids is 1. The van der Waals surface area contributed by atoms with Crippen molar-refractivity contribution in [2.75, 3.05) is 24.6 Å². The van der Waals surface area contributed by atoms with E-state index in [-0.39, 0.29) is 11.7 Å². The van der Waals surface area contributed by atoms with Crippen molar-refractivity contribution < 1.29 is 14.6 Å². The van der Waals surface area contributed by atoms with Crippen molar-refractivity contribution in [3.63, 3.8) is 0 Å². The minimum atomic E-state index is -0.981. The van der Waals surface area contributed by atoms with Crippen LogP contribution in [0.2, 0.25) is 0 Å². The van der Waals surface area contributed by atoms with Gasteiger partial charge in [-0.1, -0.05) is 0 Å². The number of halogens is 1. The Morgan fingerprint density at radius 2 is 2.33 bits per heavy atom. The molecule has 0 saturated carbocycles. The molecule has 6 nitrogen and oxygen atoms in total. The molecule has 1 aliphatic rings. The van der Waals surface area contributed by atoms with E-state index in [0.29, 0.717) is 22.1 Å². The molecular formula is C14H14BrN3O3. The Labute approximate surface area is 129 Å². The molecule has 21 heavy (non-hydrogen) atoms. The predicted octanol–water partition coefficient (Wildman–Crippen LogP) is 2.32. The lowest BCUT2D eigenvalue weighted by Gasteiger charge is -2.31. The predicted molar refractivity (Wildman–Crippen MR) is 81.8 cm³/mol. The number of rotatable bonds is 2.